The van der Waals surface area contributed by atoms with Crippen LogP contribution in [0, 0.1) is 27.7 Å². The predicted octanol–water partition coefficient (Wildman–Crippen LogP) is 5.15. The van der Waals surface area contributed by atoms with E-state index in [4.69, 9.17) is 0 Å². The molecule has 1 aromatic heterocycles. The fourth-order valence-electron chi connectivity index (χ4n) is 3.61. The second-order valence-corrected chi connectivity index (χ2v) is 7.36. The van der Waals surface area contributed by atoms with E-state index < -0.39 is 0 Å². The van der Waals surface area contributed by atoms with E-state index in [9.17, 15) is 9.59 Å². The van der Waals surface area contributed by atoms with Gasteiger partial charge in [0.15, 0.2) is 11.2 Å². The molecule has 3 aromatic carbocycles. The Morgan fingerprint density at radius 1 is 0.704 bits per heavy atom. The summed E-state index contributed by atoms with van der Waals surface area (Å²) in [4.78, 5) is 29.4. The maximum absolute atomic E-state index is 13.2. The number of aromatic amines is 1. The topological polar surface area (TPSA) is 49.9 Å². The van der Waals surface area contributed by atoms with Gasteiger partial charge in [-0.2, -0.15) is 0 Å². The number of carbonyl (C=O) groups excluding carboxylic acids is 1. The Bertz CT molecular complexity index is 1300. The van der Waals surface area contributed by atoms with Gasteiger partial charge in [-0.3, -0.25) is 9.59 Å². The van der Waals surface area contributed by atoms with Gasteiger partial charge in [0, 0.05) is 27.4 Å². The van der Waals surface area contributed by atoms with Crippen molar-refractivity contribution < 1.29 is 4.79 Å². The number of hydrogen-bond donors (Lipinski definition) is 1. The first-order valence-electron chi connectivity index (χ1n) is 9.04. The lowest BCUT2D eigenvalue weighted by molar-refractivity contribution is 0.103. The third-order valence-electron chi connectivity index (χ3n) is 5.18. The highest BCUT2D eigenvalue weighted by Gasteiger charge is 2.17. The Balaban J connectivity index is 1.97. The van der Waals surface area contributed by atoms with E-state index in [1.165, 1.54) is 0 Å². The fourth-order valence-corrected chi connectivity index (χ4v) is 3.61. The Labute approximate surface area is 157 Å². The van der Waals surface area contributed by atoms with Gasteiger partial charge in [-0.15, -0.1) is 0 Å². The first-order chi connectivity index (χ1) is 12.8. The van der Waals surface area contributed by atoms with Crippen LogP contribution in [0.1, 0.15) is 38.2 Å². The normalized spacial score (nSPS) is 11.3. The van der Waals surface area contributed by atoms with E-state index in [0.717, 1.165) is 27.8 Å². The molecule has 0 amide bonds. The SMILES string of the molecule is Cc1ccc(C)c(C(=O)c2cc3[nH]c4ccc(C)cc4c(=O)c3cc2C)c1. The fraction of sp³-hybridized carbons (Fsp3) is 0.167. The second-order valence-electron chi connectivity index (χ2n) is 7.36. The van der Waals surface area contributed by atoms with Crippen molar-refractivity contribution in [3.05, 3.63) is 92.1 Å². The van der Waals surface area contributed by atoms with Crippen LogP contribution >= 0.6 is 0 Å². The van der Waals surface area contributed by atoms with Crippen molar-refractivity contribution in [2.45, 2.75) is 27.7 Å². The molecule has 27 heavy (non-hydrogen) atoms. The van der Waals surface area contributed by atoms with Gasteiger partial charge in [0.05, 0.1) is 5.52 Å². The van der Waals surface area contributed by atoms with Gasteiger partial charge in [-0.1, -0.05) is 29.3 Å². The van der Waals surface area contributed by atoms with E-state index in [1.807, 2.05) is 76.2 Å². The zero-order chi connectivity index (χ0) is 19.3. The molecule has 0 aliphatic carbocycles. The lowest BCUT2D eigenvalue weighted by atomic mass is 9.93. The Hall–Kier alpha value is -3.20. The molecular weight excluding hydrogens is 334 g/mol. The maximum atomic E-state index is 13.2. The molecule has 0 unspecified atom stereocenters. The molecule has 4 rings (SSSR count). The molecule has 1 heterocycles. The number of hydrogen-bond acceptors (Lipinski definition) is 2. The highest BCUT2D eigenvalue weighted by atomic mass is 16.1. The lowest BCUT2D eigenvalue weighted by Crippen LogP contribution is -2.10. The summed E-state index contributed by atoms with van der Waals surface area (Å²) in [7, 11) is 0. The zero-order valence-corrected chi connectivity index (χ0v) is 15.9. The minimum absolute atomic E-state index is 0.00344. The Morgan fingerprint density at radius 3 is 2.11 bits per heavy atom. The van der Waals surface area contributed by atoms with Crippen molar-refractivity contribution in [1.29, 1.82) is 0 Å². The van der Waals surface area contributed by atoms with Crippen molar-refractivity contribution in [3.8, 4) is 0 Å². The van der Waals surface area contributed by atoms with Gasteiger partial charge in [0.2, 0.25) is 0 Å². The molecule has 0 bridgehead atoms. The van der Waals surface area contributed by atoms with Crippen molar-refractivity contribution in [1.82, 2.24) is 4.98 Å². The highest BCUT2D eigenvalue weighted by molar-refractivity contribution is 6.12. The molecule has 0 spiro atoms. The van der Waals surface area contributed by atoms with Crippen LogP contribution in [-0.4, -0.2) is 10.8 Å². The third-order valence-corrected chi connectivity index (χ3v) is 5.18. The van der Waals surface area contributed by atoms with Gasteiger partial charge in [0.1, 0.15) is 0 Å². The lowest BCUT2D eigenvalue weighted by Gasteiger charge is -2.11. The minimum Gasteiger partial charge on any atom is -0.354 e. The summed E-state index contributed by atoms with van der Waals surface area (Å²) < 4.78 is 0. The van der Waals surface area contributed by atoms with Crippen molar-refractivity contribution in [2.24, 2.45) is 0 Å². The number of fused-ring (bicyclic) bond motifs is 2. The molecule has 3 nitrogen and oxygen atoms in total. The molecule has 134 valence electrons. The summed E-state index contributed by atoms with van der Waals surface area (Å²) in [5.41, 5.74) is 6.66. The van der Waals surface area contributed by atoms with E-state index in [-0.39, 0.29) is 11.2 Å². The van der Waals surface area contributed by atoms with Crippen LogP contribution in [0.4, 0.5) is 0 Å². The summed E-state index contributed by atoms with van der Waals surface area (Å²) >= 11 is 0. The van der Waals surface area contributed by atoms with Crippen molar-refractivity contribution in [3.63, 3.8) is 0 Å². The summed E-state index contributed by atoms with van der Waals surface area (Å²) in [6, 6.07) is 15.3. The van der Waals surface area contributed by atoms with Gasteiger partial charge >= 0.3 is 0 Å². The monoisotopic (exact) mass is 355 g/mol. The number of benzene rings is 3. The molecular formula is C24H21NO2. The summed E-state index contributed by atoms with van der Waals surface area (Å²) in [5, 5.41) is 1.29. The number of H-pyrrole nitrogens is 1. The average molecular weight is 355 g/mol. The molecule has 0 radical (unpaired) electrons. The summed E-state index contributed by atoms with van der Waals surface area (Å²) in [6.45, 7) is 7.79. The van der Waals surface area contributed by atoms with E-state index in [0.29, 0.717) is 27.4 Å². The predicted molar refractivity (Wildman–Crippen MR) is 111 cm³/mol. The van der Waals surface area contributed by atoms with E-state index >= 15 is 0 Å². The number of aromatic nitrogens is 1. The Morgan fingerprint density at radius 2 is 1.33 bits per heavy atom. The molecule has 3 heteroatoms. The second kappa shape index (κ2) is 6.20. The van der Waals surface area contributed by atoms with E-state index in [2.05, 4.69) is 4.98 Å². The van der Waals surface area contributed by atoms with Crippen LogP contribution in [0.5, 0.6) is 0 Å². The smallest absolute Gasteiger partial charge is 0.197 e. The molecule has 0 aliphatic rings. The van der Waals surface area contributed by atoms with Crippen molar-refractivity contribution in [2.75, 3.05) is 0 Å². The largest absolute Gasteiger partial charge is 0.354 e. The molecule has 0 saturated heterocycles. The molecule has 0 aliphatic heterocycles. The standard InChI is InChI=1S/C24H21NO2/c1-13-5-7-15(3)17(9-13)23(26)18-12-22-20(11-16(18)4)24(27)19-10-14(2)6-8-21(19)25-22/h5-12H,1-4H3,(H,25,27). The molecule has 4 aromatic rings. The number of nitrogens with one attached hydrogen (secondary N) is 1. The van der Waals surface area contributed by atoms with Gasteiger partial charge < -0.3 is 4.98 Å². The van der Waals surface area contributed by atoms with Gasteiger partial charge in [0.25, 0.3) is 0 Å². The number of ketones is 1. The van der Waals surface area contributed by atoms with Crippen LogP contribution in [0.25, 0.3) is 21.8 Å². The highest BCUT2D eigenvalue weighted by Crippen LogP contribution is 2.23. The first kappa shape index (κ1) is 17.2. The van der Waals surface area contributed by atoms with Crippen molar-refractivity contribution >= 4 is 27.6 Å². The molecule has 0 atom stereocenters. The van der Waals surface area contributed by atoms with Crippen LogP contribution in [0.3, 0.4) is 0 Å². The molecule has 0 saturated carbocycles. The number of carbonyl (C=O) groups is 1. The maximum Gasteiger partial charge on any atom is 0.197 e. The minimum atomic E-state index is -0.0135. The average Bonchev–Trinajstić information content (AvgIpc) is 2.64. The van der Waals surface area contributed by atoms with E-state index in [1.54, 1.807) is 0 Å². The number of rotatable bonds is 2. The van der Waals surface area contributed by atoms with Crippen LogP contribution < -0.4 is 5.43 Å². The zero-order valence-electron chi connectivity index (χ0n) is 15.9. The van der Waals surface area contributed by atoms with Crippen LogP contribution in [0.15, 0.2) is 53.3 Å². The van der Waals surface area contributed by atoms with Gasteiger partial charge in [-0.25, -0.2) is 0 Å². The summed E-state index contributed by atoms with van der Waals surface area (Å²) in [5.74, 6) is -0.0135. The molecule has 0 fully saturated rings. The number of pyridine rings is 1. The Kier molecular flexibility index (Phi) is 3.96. The first-order valence-corrected chi connectivity index (χ1v) is 9.04. The number of aryl methyl sites for hydroxylation is 4. The quantitative estimate of drug-likeness (QED) is 0.399. The molecule has 1 N–H and O–H groups in total. The van der Waals surface area contributed by atoms with Crippen LogP contribution in [-0.2, 0) is 0 Å². The van der Waals surface area contributed by atoms with Crippen LogP contribution in [0.2, 0.25) is 0 Å². The third kappa shape index (κ3) is 2.85. The summed E-state index contributed by atoms with van der Waals surface area (Å²) in [6.07, 6.45) is 0. The van der Waals surface area contributed by atoms with Gasteiger partial charge in [-0.05, 0) is 69.2 Å².